The Kier molecular flexibility index (Phi) is 10.5. The molecule has 8 heteroatoms. The standard InChI is InChI=1S/C38H49N3O5/c1-5-9-16-25-39(23-6-2)36(45)33-38-22-21-37(8-4,46-38)31(34(43)40(24-7-3)29-19-14-11-15-20-29)32(38)35(44)41(33)30(27-42)26-28-17-12-10-13-18-28/h6-7,10-15,17-20,30-33,42H,2-3,5,8-9,16,21-27H2,1,4H3/t30-,31-,32+,33?,37+,38?/m1/s1. The van der Waals surface area contributed by atoms with E-state index in [1.165, 1.54) is 0 Å². The molecule has 2 bridgehead atoms. The van der Waals surface area contributed by atoms with Crippen LogP contribution in [0, 0.1) is 11.8 Å². The molecule has 1 N–H and O–H groups in total. The zero-order valence-corrected chi connectivity index (χ0v) is 27.4. The van der Waals surface area contributed by atoms with Crippen LogP contribution in [0.15, 0.2) is 86.0 Å². The molecule has 6 atom stereocenters. The number of aliphatic hydroxyl groups is 1. The molecule has 3 heterocycles. The van der Waals surface area contributed by atoms with Crippen molar-refractivity contribution in [3.05, 3.63) is 91.5 Å². The number of rotatable bonds is 16. The van der Waals surface area contributed by atoms with Gasteiger partial charge in [0.15, 0.2) is 0 Å². The molecule has 246 valence electrons. The van der Waals surface area contributed by atoms with Gasteiger partial charge in [-0.15, -0.1) is 13.2 Å². The zero-order valence-electron chi connectivity index (χ0n) is 27.4. The molecule has 3 fully saturated rings. The Labute approximate surface area is 273 Å². The molecule has 1 spiro atoms. The van der Waals surface area contributed by atoms with Gasteiger partial charge in [0.05, 0.1) is 30.1 Å². The number of carbonyl (C=O) groups is 3. The number of anilines is 1. The first-order chi connectivity index (χ1) is 22.3. The lowest BCUT2D eigenvalue weighted by atomic mass is 9.64. The largest absolute Gasteiger partial charge is 0.394 e. The molecule has 2 unspecified atom stereocenters. The smallest absolute Gasteiger partial charge is 0.248 e. The normalized spacial score (nSPS) is 26.9. The molecule has 2 aromatic carbocycles. The highest BCUT2D eigenvalue weighted by molar-refractivity contribution is 6.03. The summed E-state index contributed by atoms with van der Waals surface area (Å²) in [5.74, 6) is -2.34. The maximum atomic E-state index is 15.0. The maximum Gasteiger partial charge on any atom is 0.248 e. The number of benzene rings is 2. The Balaban J connectivity index is 1.62. The van der Waals surface area contributed by atoms with Gasteiger partial charge in [-0.3, -0.25) is 14.4 Å². The fourth-order valence-electron chi connectivity index (χ4n) is 8.24. The van der Waals surface area contributed by atoms with Crippen molar-refractivity contribution in [2.45, 2.75) is 82.1 Å². The van der Waals surface area contributed by atoms with Gasteiger partial charge < -0.3 is 24.5 Å². The molecule has 0 saturated carbocycles. The summed E-state index contributed by atoms with van der Waals surface area (Å²) in [6, 6.07) is 17.5. The van der Waals surface area contributed by atoms with Gasteiger partial charge in [0.2, 0.25) is 17.7 Å². The summed E-state index contributed by atoms with van der Waals surface area (Å²) < 4.78 is 7.06. The Morgan fingerprint density at radius 1 is 1.00 bits per heavy atom. The van der Waals surface area contributed by atoms with Crippen molar-refractivity contribution in [1.29, 1.82) is 0 Å². The number of likely N-dealkylation sites (tertiary alicyclic amines) is 1. The monoisotopic (exact) mass is 627 g/mol. The highest BCUT2D eigenvalue weighted by Gasteiger charge is 2.79. The minimum atomic E-state index is -1.19. The summed E-state index contributed by atoms with van der Waals surface area (Å²) in [6.07, 6.45) is 8.17. The molecule has 3 aliphatic heterocycles. The van der Waals surface area contributed by atoms with Crippen molar-refractivity contribution in [2.24, 2.45) is 11.8 Å². The third-order valence-electron chi connectivity index (χ3n) is 10.4. The molecule has 3 amide bonds. The second kappa shape index (κ2) is 14.3. The first-order valence-electron chi connectivity index (χ1n) is 16.9. The number of fused-ring (bicyclic) bond motifs is 1. The predicted molar refractivity (Wildman–Crippen MR) is 180 cm³/mol. The van der Waals surface area contributed by atoms with Crippen LogP contribution in [0.2, 0.25) is 0 Å². The lowest BCUT2D eigenvalue weighted by Crippen LogP contribution is -2.59. The summed E-state index contributed by atoms with van der Waals surface area (Å²) >= 11 is 0. The van der Waals surface area contributed by atoms with E-state index in [-0.39, 0.29) is 30.9 Å². The van der Waals surface area contributed by atoms with E-state index in [0.29, 0.717) is 38.8 Å². The third-order valence-corrected chi connectivity index (χ3v) is 10.4. The minimum Gasteiger partial charge on any atom is -0.394 e. The predicted octanol–water partition coefficient (Wildman–Crippen LogP) is 5.17. The average Bonchev–Trinajstić information content (AvgIpc) is 3.69. The van der Waals surface area contributed by atoms with Crippen molar-refractivity contribution in [1.82, 2.24) is 9.80 Å². The van der Waals surface area contributed by atoms with Gasteiger partial charge in [-0.2, -0.15) is 0 Å². The summed E-state index contributed by atoms with van der Waals surface area (Å²) in [5, 5.41) is 10.8. The van der Waals surface area contributed by atoms with E-state index >= 15 is 0 Å². The van der Waals surface area contributed by atoms with Crippen LogP contribution in [0.3, 0.4) is 0 Å². The lowest BCUT2D eigenvalue weighted by molar-refractivity contribution is -0.155. The Bertz CT molecular complexity index is 1400. The van der Waals surface area contributed by atoms with Crippen LogP contribution in [-0.4, -0.2) is 82.2 Å². The number of ether oxygens (including phenoxy) is 1. The van der Waals surface area contributed by atoms with E-state index in [2.05, 4.69) is 20.1 Å². The number of hydrogen-bond donors (Lipinski definition) is 1. The molecule has 0 aliphatic carbocycles. The number of carbonyl (C=O) groups excluding carboxylic acids is 3. The van der Waals surface area contributed by atoms with Crippen LogP contribution in [0.25, 0.3) is 0 Å². The van der Waals surface area contributed by atoms with Crippen molar-refractivity contribution in [2.75, 3.05) is 31.1 Å². The molecule has 3 saturated heterocycles. The summed E-state index contributed by atoms with van der Waals surface area (Å²) in [6.45, 7) is 12.8. The van der Waals surface area contributed by atoms with Crippen LogP contribution >= 0.6 is 0 Å². The number of aliphatic hydroxyl groups excluding tert-OH is 1. The van der Waals surface area contributed by atoms with Crippen molar-refractivity contribution >= 4 is 23.4 Å². The Morgan fingerprint density at radius 3 is 2.28 bits per heavy atom. The molecule has 2 aromatic rings. The Hall–Kier alpha value is -3.75. The first-order valence-corrected chi connectivity index (χ1v) is 16.9. The van der Waals surface area contributed by atoms with Crippen molar-refractivity contribution in [3.63, 3.8) is 0 Å². The molecule has 46 heavy (non-hydrogen) atoms. The highest BCUT2D eigenvalue weighted by atomic mass is 16.5. The number of hydrogen-bond acceptors (Lipinski definition) is 5. The maximum absolute atomic E-state index is 15.0. The van der Waals surface area contributed by atoms with E-state index in [9.17, 15) is 19.5 Å². The van der Waals surface area contributed by atoms with E-state index < -0.39 is 35.1 Å². The van der Waals surface area contributed by atoms with Gasteiger partial charge in [-0.1, -0.05) is 87.4 Å². The van der Waals surface area contributed by atoms with Crippen LogP contribution in [0.1, 0.15) is 57.9 Å². The first kappa shape index (κ1) is 33.6. The van der Waals surface area contributed by atoms with Crippen molar-refractivity contribution < 1.29 is 24.2 Å². The van der Waals surface area contributed by atoms with Gasteiger partial charge in [-0.05, 0) is 49.8 Å². The van der Waals surface area contributed by atoms with E-state index in [4.69, 9.17) is 4.74 Å². The lowest BCUT2D eigenvalue weighted by Gasteiger charge is -2.39. The number of nitrogens with zero attached hydrogens (tertiary/aromatic N) is 3. The van der Waals surface area contributed by atoms with Gasteiger partial charge in [-0.25, -0.2) is 0 Å². The number of unbranched alkanes of at least 4 members (excludes halogenated alkanes) is 2. The van der Waals surface area contributed by atoms with Gasteiger partial charge >= 0.3 is 0 Å². The fraction of sp³-hybridized carbons (Fsp3) is 0.500. The molecular formula is C38H49N3O5. The molecule has 5 rings (SSSR count). The average molecular weight is 628 g/mol. The van der Waals surface area contributed by atoms with E-state index in [1.807, 2.05) is 67.6 Å². The quantitative estimate of drug-likeness (QED) is 0.205. The second-order valence-electron chi connectivity index (χ2n) is 13.0. The van der Waals surface area contributed by atoms with Gasteiger partial charge in [0.1, 0.15) is 11.6 Å². The highest BCUT2D eigenvalue weighted by Crippen LogP contribution is 2.65. The Morgan fingerprint density at radius 2 is 1.67 bits per heavy atom. The second-order valence-corrected chi connectivity index (χ2v) is 13.0. The topological polar surface area (TPSA) is 90.4 Å². The molecule has 8 nitrogen and oxygen atoms in total. The summed E-state index contributed by atoms with van der Waals surface area (Å²) in [7, 11) is 0. The zero-order chi connectivity index (χ0) is 32.9. The molecule has 0 aromatic heterocycles. The SMILES string of the molecule is C=CCN(CCCCC)C(=O)C1N([C@@H](CO)Cc2ccccc2)C(=O)[C@@H]2[C@H](C(=O)N(CC=C)c3ccccc3)[C@]3(CC)CCC12O3. The van der Waals surface area contributed by atoms with E-state index in [1.54, 1.807) is 26.9 Å². The van der Waals surface area contributed by atoms with Crippen LogP contribution in [-0.2, 0) is 25.5 Å². The summed E-state index contributed by atoms with van der Waals surface area (Å²) in [4.78, 5) is 49.6. The minimum absolute atomic E-state index is 0.199. The van der Waals surface area contributed by atoms with Crippen LogP contribution in [0.5, 0.6) is 0 Å². The molecule has 3 aliphatic rings. The number of amides is 3. The molecular weight excluding hydrogens is 578 g/mol. The van der Waals surface area contributed by atoms with Gasteiger partial charge in [0.25, 0.3) is 0 Å². The summed E-state index contributed by atoms with van der Waals surface area (Å²) in [5.41, 5.74) is -0.397. The van der Waals surface area contributed by atoms with Crippen LogP contribution < -0.4 is 4.90 Å². The van der Waals surface area contributed by atoms with Crippen molar-refractivity contribution in [3.8, 4) is 0 Å². The fourth-order valence-corrected chi connectivity index (χ4v) is 8.24. The van der Waals surface area contributed by atoms with Crippen LogP contribution in [0.4, 0.5) is 5.69 Å². The third kappa shape index (κ3) is 5.82. The van der Waals surface area contributed by atoms with E-state index in [0.717, 1.165) is 30.5 Å². The number of para-hydroxylation sites is 1. The van der Waals surface area contributed by atoms with Gasteiger partial charge in [0, 0.05) is 25.3 Å². The molecule has 0 radical (unpaired) electrons.